The van der Waals surface area contributed by atoms with Crippen molar-refractivity contribution < 1.29 is 28.2 Å². The van der Waals surface area contributed by atoms with Gasteiger partial charge in [-0.05, 0) is 54.1 Å². The lowest BCUT2D eigenvalue weighted by Crippen LogP contribution is -2.21. The van der Waals surface area contributed by atoms with Crippen molar-refractivity contribution in [1.29, 1.82) is 0 Å². The molecule has 0 saturated heterocycles. The van der Waals surface area contributed by atoms with E-state index in [1.807, 2.05) is 0 Å². The lowest BCUT2D eigenvalue weighted by atomic mass is 10.1. The molecule has 3 aromatic carbocycles. The first-order valence-corrected chi connectivity index (χ1v) is 9.69. The Morgan fingerprint density at radius 1 is 0.906 bits per heavy atom. The van der Waals surface area contributed by atoms with Crippen molar-refractivity contribution in [1.82, 2.24) is 0 Å². The van der Waals surface area contributed by atoms with E-state index in [1.54, 1.807) is 54.6 Å². The van der Waals surface area contributed by atoms with Crippen molar-refractivity contribution in [3.63, 3.8) is 0 Å². The Balaban J connectivity index is 1.48. The molecule has 3 aromatic rings. The number of rotatable bonds is 8. The molecule has 0 aromatic heterocycles. The second kappa shape index (κ2) is 10.7. The molecule has 0 aliphatic rings. The minimum Gasteiger partial charge on any atom is -0.495 e. The second-order valence-corrected chi connectivity index (χ2v) is 6.75. The maximum atomic E-state index is 13.1. The smallest absolute Gasteiger partial charge is 0.310 e. The van der Waals surface area contributed by atoms with Gasteiger partial charge in [-0.2, -0.15) is 0 Å². The Morgan fingerprint density at radius 3 is 2.38 bits per heavy atom. The van der Waals surface area contributed by atoms with E-state index >= 15 is 0 Å². The van der Waals surface area contributed by atoms with Crippen molar-refractivity contribution in [2.45, 2.75) is 6.42 Å². The van der Waals surface area contributed by atoms with E-state index in [-0.39, 0.29) is 12.3 Å². The fraction of sp³-hybridized carbons (Fsp3) is 0.125. The molecule has 7 nitrogen and oxygen atoms in total. The number of carbonyl (C=O) groups excluding carboxylic acids is 3. The summed E-state index contributed by atoms with van der Waals surface area (Å²) in [6.07, 6.45) is -0.138. The fourth-order valence-electron chi connectivity index (χ4n) is 2.86. The van der Waals surface area contributed by atoms with Gasteiger partial charge in [0.05, 0.1) is 19.2 Å². The highest BCUT2D eigenvalue weighted by atomic mass is 19.1. The fourth-order valence-corrected chi connectivity index (χ4v) is 2.86. The van der Waals surface area contributed by atoms with E-state index in [0.717, 1.165) is 0 Å². The van der Waals surface area contributed by atoms with Gasteiger partial charge in [-0.3, -0.25) is 14.4 Å². The summed E-state index contributed by atoms with van der Waals surface area (Å²) >= 11 is 0. The average Bonchev–Trinajstić information content (AvgIpc) is 2.78. The van der Waals surface area contributed by atoms with Crippen LogP contribution in [0.4, 0.5) is 15.8 Å². The normalized spacial score (nSPS) is 10.2. The monoisotopic (exact) mass is 436 g/mol. The summed E-state index contributed by atoms with van der Waals surface area (Å²) in [6.45, 7) is -0.482. The lowest BCUT2D eigenvalue weighted by Gasteiger charge is -2.10. The molecule has 2 amide bonds. The molecule has 0 aliphatic heterocycles. The zero-order chi connectivity index (χ0) is 22.9. The van der Waals surface area contributed by atoms with Crippen molar-refractivity contribution >= 4 is 29.2 Å². The first kappa shape index (κ1) is 22.5. The van der Waals surface area contributed by atoms with E-state index in [2.05, 4.69) is 10.6 Å². The van der Waals surface area contributed by atoms with Gasteiger partial charge in [0.15, 0.2) is 6.61 Å². The summed E-state index contributed by atoms with van der Waals surface area (Å²) in [4.78, 5) is 36.3. The lowest BCUT2D eigenvalue weighted by molar-refractivity contribution is -0.146. The predicted octanol–water partition coefficient (Wildman–Crippen LogP) is 3.81. The highest BCUT2D eigenvalue weighted by molar-refractivity contribution is 6.05. The van der Waals surface area contributed by atoms with Crippen LogP contribution >= 0.6 is 0 Å². The Morgan fingerprint density at radius 2 is 1.66 bits per heavy atom. The Hall–Kier alpha value is -4.20. The molecule has 2 N–H and O–H groups in total. The molecule has 8 heteroatoms. The van der Waals surface area contributed by atoms with Gasteiger partial charge in [0.2, 0.25) is 0 Å². The molecule has 0 fully saturated rings. The number of carbonyl (C=O) groups is 3. The van der Waals surface area contributed by atoms with Crippen molar-refractivity contribution in [2.24, 2.45) is 0 Å². The number of amides is 2. The minimum atomic E-state index is -0.644. The van der Waals surface area contributed by atoms with E-state index < -0.39 is 24.3 Å². The van der Waals surface area contributed by atoms with Crippen LogP contribution in [-0.4, -0.2) is 31.5 Å². The molecule has 0 bridgehead atoms. The highest BCUT2D eigenvalue weighted by Crippen LogP contribution is 2.23. The van der Waals surface area contributed by atoms with Crippen LogP contribution in [0.15, 0.2) is 72.8 Å². The minimum absolute atomic E-state index is 0.138. The number of anilines is 2. The predicted molar refractivity (Wildman–Crippen MR) is 117 cm³/mol. The topological polar surface area (TPSA) is 93.7 Å². The Bertz CT molecular complexity index is 1120. The summed E-state index contributed by atoms with van der Waals surface area (Å²) < 4.78 is 23.3. The molecule has 0 saturated carbocycles. The van der Waals surface area contributed by atoms with Crippen LogP contribution < -0.4 is 15.4 Å². The molecule has 0 unspecified atom stereocenters. The molecule has 0 aliphatic carbocycles. The van der Waals surface area contributed by atoms with Crippen LogP contribution in [0.2, 0.25) is 0 Å². The molecule has 0 atom stereocenters. The number of hydrogen-bond acceptors (Lipinski definition) is 5. The number of para-hydroxylation sites is 2. The number of benzene rings is 3. The molecule has 0 spiro atoms. The number of ether oxygens (including phenoxy) is 2. The van der Waals surface area contributed by atoms with Crippen LogP contribution in [-0.2, 0) is 20.7 Å². The van der Waals surface area contributed by atoms with Crippen LogP contribution in [0, 0.1) is 5.82 Å². The van der Waals surface area contributed by atoms with E-state index in [0.29, 0.717) is 28.3 Å². The van der Waals surface area contributed by atoms with Gasteiger partial charge in [-0.25, -0.2) is 4.39 Å². The van der Waals surface area contributed by atoms with E-state index in [1.165, 1.54) is 25.3 Å². The van der Waals surface area contributed by atoms with Gasteiger partial charge in [0.25, 0.3) is 11.8 Å². The summed E-state index contributed by atoms with van der Waals surface area (Å²) in [5.41, 5.74) is 1.82. The zero-order valence-electron chi connectivity index (χ0n) is 17.3. The molecule has 3 rings (SSSR count). The highest BCUT2D eigenvalue weighted by Gasteiger charge is 2.12. The van der Waals surface area contributed by atoms with Crippen LogP contribution in [0.5, 0.6) is 5.75 Å². The van der Waals surface area contributed by atoms with Gasteiger partial charge >= 0.3 is 5.97 Å². The second-order valence-electron chi connectivity index (χ2n) is 6.75. The van der Waals surface area contributed by atoms with E-state index in [9.17, 15) is 18.8 Å². The summed E-state index contributed by atoms with van der Waals surface area (Å²) in [6, 6.07) is 18.8. The van der Waals surface area contributed by atoms with Gasteiger partial charge in [0, 0.05) is 11.3 Å². The standard InChI is InChI=1S/C24H21FN2O5/c1-31-21-8-3-2-7-20(21)27-24(30)17-9-11-19(12-10-17)26-22(28)15-32-23(29)14-16-5-4-6-18(25)13-16/h2-13H,14-15H2,1H3,(H,26,28)(H,27,30). The summed E-state index contributed by atoms with van der Waals surface area (Å²) in [5, 5.41) is 5.34. The molecular weight excluding hydrogens is 415 g/mol. The molecule has 32 heavy (non-hydrogen) atoms. The van der Waals surface area contributed by atoms with Crippen molar-refractivity contribution in [3.8, 4) is 5.75 Å². The number of hydrogen-bond donors (Lipinski definition) is 2. The maximum Gasteiger partial charge on any atom is 0.310 e. The maximum absolute atomic E-state index is 13.1. The summed E-state index contributed by atoms with van der Waals surface area (Å²) in [5.74, 6) is -1.43. The Labute approximate surface area is 184 Å². The van der Waals surface area contributed by atoms with E-state index in [4.69, 9.17) is 9.47 Å². The number of esters is 1. The van der Waals surface area contributed by atoms with Crippen LogP contribution in [0.3, 0.4) is 0 Å². The molecule has 0 radical (unpaired) electrons. The molecular formula is C24H21FN2O5. The summed E-state index contributed by atoms with van der Waals surface area (Å²) in [7, 11) is 1.52. The van der Waals surface area contributed by atoms with Crippen LogP contribution in [0.1, 0.15) is 15.9 Å². The van der Waals surface area contributed by atoms with Crippen LogP contribution in [0.25, 0.3) is 0 Å². The van der Waals surface area contributed by atoms with Gasteiger partial charge in [-0.1, -0.05) is 24.3 Å². The number of nitrogens with one attached hydrogen (secondary N) is 2. The quantitative estimate of drug-likeness (QED) is 0.524. The third-order valence-electron chi connectivity index (χ3n) is 4.39. The van der Waals surface area contributed by atoms with Gasteiger partial charge in [0.1, 0.15) is 11.6 Å². The van der Waals surface area contributed by atoms with Crippen molar-refractivity contribution in [2.75, 3.05) is 24.4 Å². The molecule has 0 heterocycles. The number of halogens is 1. The average molecular weight is 436 g/mol. The third-order valence-corrected chi connectivity index (χ3v) is 4.39. The Kier molecular flexibility index (Phi) is 7.53. The van der Waals surface area contributed by atoms with Gasteiger partial charge < -0.3 is 20.1 Å². The van der Waals surface area contributed by atoms with Gasteiger partial charge in [-0.15, -0.1) is 0 Å². The van der Waals surface area contributed by atoms with Crippen molar-refractivity contribution in [3.05, 3.63) is 89.7 Å². The largest absolute Gasteiger partial charge is 0.495 e. The zero-order valence-corrected chi connectivity index (χ0v) is 17.3. The SMILES string of the molecule is COc1ccccc1NC(=O)c1ccc(NC(=O)COC(=O)Cc2cccc(F)c2)cc1. The molecule has 164 valence electrons. The number of methoxy groups -OCH3 is 1. The first-order chi connectivity index (χ1) is 15.4. The third kappa shape index (κ3) is 6.40. The first-order valence-electron chi connectivity index (χ1n) is 9.69.